The third-order valence-corrected chi connectivity index (χ3v) is 2.05. The Balaban J connectivity index is 3.32. The van der Waals surface area contributed by atoms with Gasteiger partial charge in [0.05, 0.1) is 12.0 Å². The maximum atomic E-state index is 10.7. The second kappa shape index (κ2) is 4.09. The summed E-state index contributed by atoms with van der Waals surface area (Å²) >= 11 is 0. The van der Waals surface area contributed by atoms with Crippen molar-refractivity contribution in [3.63, 3.8) is 0 Å². The van der Waals surface area contributed by atoms with E-state index in [1.165, 1.54) is 13.2 Å². The van der Waals surface area contributed by atoms with E-state index in [1.807, 2.05) is 19.9 Å². The predicted octanol–water partition coefficient (Wildman–Crippen LogP) is 2.73. The monoisotopic (exact) mass is 195 g/mol. The van der Waals surface area contributed by atoms with E-state index < -0.39 is 4.92 Å². The molecule has 0 aliphatic carbocycles. The molecule has 0 saturated heterocycles. The van der Waals surface area contributed by atoms with E-state index in [0.717, 1.165) is 5.56 Å². The summed E-state index contributed by atoms with van der Waals surface area (Å²) in [6, 6.07) is 4.97. The van der Waals surface area contributed by atoms with E-state index in [1.54, 1.807) is 6.07 Å². The zero-order chi connectivity index (χ0) is 10.7. The van der Waals surface area contributed by atoms with Gasteiger partial charge in [0, 0.05) is 11.6 Å². The number of nitrogens with zero attached hydrogens (tertiary/aromatic N) is 1. The van der Waals surface area contributed by atoms with Crippen LogP contribution in [-0.4, -0.2) is 12.0 Å². The highest BCUT2D eigenvalue weighted by Crippen LogP contribution is 2.34. The number of nitro benzene ring substituents is 1. The molecule has 0 aromatic heterocycles. The van der Waals surface area contributed by atoms with Gasteiger partial charge < -0.3 is 4.74 Å². The fraction of sp³-hybridized carbons (Fsp3) is 0.400. The molecule has 0 aliphatic rings. The minimum absolute atomic E-state index is 0.0266. The van der Waals surface area contributed by atoms with Crippen LogP contribution in [-0.2, 0) is 0 Å². The highest BCUT2D eigenvalue weighted by atomic mass is 16.6. The minimum atomic E-state index is -0.426. The lowest BCUT2D eigenvalue weighted by Gasteiger charge is -2.10. The van der Waals surface area contributed by atoms with E-state index in [4.69, 9.17) is 4.74 Å². The molecule has 0 radical (unpaired) electrons. The van der Waals surface area contributed by atoms with Crippen LogP contribution in [0.3, 0.4) is 0 Å². The normalized spacial score (nSPS) is 10.3. The van der Waals surface area contributed by atoms with E-state index in [0.29, 0.717) is 5.75 Å². The topological polar surface area (TPSA) is 52.4 Å². The number of rotatable bonds is 3. The second-order valence-corrected chi connectivity index (χ2v) is 3.31. The Bertz CT molecular complexity index is 347. The smallest absolute Gasteiger partial charge is 0.311 e. The van der Waals surface area contributed by atoms with Crippen molar-refractivity contribution in [3.8, 4) is 5.75 Å². The minimum Gasteiger partial charge on any atom is -0.490 e. The van der Waals surface area contributed by atoms with Gasteiger partial charge in [-0.25, -0.2) is 0 Å². The maximum Gasteiger partial charge on any atom is 0.311 e. The van der Waals surface area contributed by atoms with Crippen LogP contribution < -0.4 is 4.74 Å². The van der Waals surface area contributed by atoms with Gasteiger partial charge in [-0.3, -0.25) is 10.1 Å². The van der Waals surface area contributed by atoms with Crippen LogP contribution in [0.5, 0.6) is 5.75 Å². The number of benzene rings is 1. The number of ether oxygens (including phenoxy) is 1. The van der Waals surface area contributed by atoms with Crippen LogP contribution in [0, 0.1) is 10.1 Å². The van der Waals surface area contributed by atoms with Crippen molar-refractivity contribution in [1.82, 2.24) is 0 Å². The first-order valence-corrected chi connectivity index (χ1v) is 4.39. The van der Waals surface area contributed by atoms with Gasteiger partial charge >= 0.3 is 5.69 Å². The molecule has 14 heavy (non-hydrogen) atoms. The average Bonchev–Trinajstić information content (AvgIpc) is 2.16. The van der Waals surface area contributed by atoms with Gasteiger partial charge in [0.25, 0.3) is 0 Å². The first-order chi connectivity index (χ1) is 6.57. The van der Waals surface area contributed by atoms with Crippen LogP contribution in [0.2, 0.25) is 0 Å². The lowest BCUT2D eigenvalue weighted by molar-refractivity contribution is -0.385. The Hall–Kier alpha value is -1.58. The summed E-state index contributed by atoms with van der Waals surface area (Å²) in [6.45, 7) is 3.95. The highest BCUT2D eigenvalue weighted by molar-refractivity contribution is 5.52. The average molecular weight is 195 g/mol. The molecule has 0 aliphatic heterocycles. The molecule has 0 fully saturated rings. The summed E-state index contributed by atoms with van der Waals surface area (Å²) in [4.78, 5) is 10.3. The SMILES string of the molecule is COc1c(C(C)C)cccc1[N+](=O)[O-]. The van der Waals surface area contributed by atoms with Crippen LogP contribution in [0.1, 0.15) is 25.3 Å². The summed E-state index contributed by atoms with van der Waals surface area (Å²) in [5.74, 6) is 0.581. The molecule has 0 unspecified atom stereocenters. The molecule has 76 valence electrons. The van der Waals surface area contributed by atoms with Crippen LogP contribution >= 0.6 is 0 Å². The van der Waals surface area contributed by atoms with Gasteiger partial charge in [-0.1, -0.05) is 26.0 Å². The third kappa shape index (κ3) is 1.84. The van der Waals surface area contributed by atoms with Crippen LogP contribution in [0.4, 0.5) is 5.69 Å². The van der Waals surface area contributed by atoms with E-state index in [2.05, 4.69) is 0 Å². The van der Waals surface area contributed by atoms with Crippen molar-refractivity contribution in [2.75, 3.05) is 7.11 Å². The van der Waals surface area contributed by atoms with Crippen molar-refractivity contribution in [3.05, 3.63) is 33.9 Å². The third-order valence-electron chi connectivity index (χ3n) is 2.05. The molecule has 1 aromatic carbocycles. The summed E-state index contributed by atoms with van der Waals surface area (Å²) < 4.78 is 5.06. The van der Waals surface area contributed by atoms with Gasteiger partial charge in [0.2, 0.25) is 0 Å². The van der Waals surface area contributed by atoms with Gasteiger partial charge in [-0.15, -0.1) is 0 Å². The van der Waals surface area contributed by atoms with Gasteiger partial charge in [-0.2, -0.15) is 0 Å². The molecule has 0 N–H and O–H groups in total. The Labute approximate surface area is 82.7 Å². The molecule has 4 nitrogen and oxygen atoms in total. The number of hydrogen-bond donors (Lipinski definition) is 0. The Morgan fingerprint density at radius 3 is 2.50 bits per heavy atom. The molecule has 0 heterocycles. The van der Waals surface area contributed by atoms with Crippen molar-refractivity contribution in [2.45, 2.75) is 19.8 Å². The zero-order valence-electron chi connectivity index (χ0n) is 8.48. The molecular weight excluding hydrogens is 182 g/mol. The predicted molar refractivity (Wildman–Crippen MR) is 53.7 cm³/mol. The molecular formula is C10H13NO3. The molecule has 0 spiro atoms. The van der Waals surface area contributed by atoms with Gasteiger partial charge in [-0.05, 0) is 5.92 Å². The van der Waals surface area contributed by atoms with Gasteiger partial charge in [0.15, 0.2) is 5.75 Å². The summed E-state index contributed by atoms with van der Waals surface area (Å²) in [5.41, 5.74) is 0.889. The Morgan fingerprint density at radius 2 is 2.07 bits per heavy atom. The maximum absolute atomic E-state index is 10.7. The standard InChI is InChI=1S/C10H13NO3/c1-7(2)8-5-4-6-9(11(12)13)10(8)14-3/h4-7H,1-3H3. The molecule has 4 heteroatoms. The fourth-order valence-electron chi connectivity index (χ4n) is 1.36. The van der Waals surface area contributed by atoms with Crippen LogP contribution in [0.25, 0.3) is 0 Å². The van der Waals surface area contributed by atoms with E-state index in [-0.39, 0.29) is 11.6 Å². The summed E-state index contributed by atoms with van der Waals surface area (Å²) in [6.07, 6.45) is 0. The quantitative estimate of drug-likeness (QED) is 0.550. The van der Waals surface area contributed by atoms with Crippen molar-refractivity contribution in [2.24, 2.45) is 0 Å². The number of nitro groups is 1. The molecule has 0 atom stereocenters. The number of methoxy groups -OCH3 is 1. The summed E-state index contributed by atoms with van der Waals surface area (Å²) in [7, 11) is 1.45. The first kappa shape index (κ1) is 10.5. The Morgan fingerprint density at radius 1 is 1.43 bits per heavy atom. The van der Waals surface area contributed by atoms with E-state index in [9.17, 15) is 10.1 Å². The molecule has 0 bridgehead atoms. The van der Waals surface area contributed by atoms with Crippen LogP contribution in [0.15, 0.2) is 18.2 Å². The van der Waals surface area contributed by atoms with Crippen molar-refractivity contribution >= 4 is 5.69 Å². The van der Waals surface area contributed by atoms with Crippen molar-refractivity contribution < 1.29 is 9.66 Å². The largest absolute Gasteiger partial charge is 0.490 e. The van der Waals surface area contributed by atoms with E-state index >= 15 is 0 Å². The second-order valence-electron chi connectivity index (χ2n) is 3.31. The van der Waals surface area contributed by atoms with Crippen molar-refractivity contribution in [1.29, 1.82) is 0 Å². The highest BCUT2D eigenvalue weighted by Gasteiger charge is 2.19. The molecule has 1 aromatic rings. The molecule has 0 amide bonds. The molecule has 0 saturated carbocycles. The Kier molecular flexibility index (Phi) is 3.06. The molecule has 1 rings (SSSR count). The number of para-hydroxylation sites is 1. The zero-order valence-corrected chi connectivity index (χ0v) is 8.48. The van der Waals surface area contributed by atoms with Gasteiger partial charge in [0.1, 0.15) is 0 Å². The lowest BCUT2D eigenvalue weighted by Crippen LogP contribution is -1.99. The lowest BCUT2D eigenvalue weighted by atomic mass is 10.0. The summed E-state index contributed by atoms with van der Waals surface area (Å²) in [5, 5.41) is 10.7. The first-order valence-electron chi connectivity index (χ1n) is 4.39. The fourth-order valence-corrected chi connectivity index (χ4v) is 1.36. The number of hydrogen-bond acceptors (Lipinski definition) is 3.